The molecule has 16 heavy (non-hydrogen) atoms. The number of fused-ring (bicyclic) bond motifs is 1. The van der Waals surface area contributed by atoms with E-state index < -0.39 is 0 Å². The maximum absolute atomic E-state index is 4.67. The van der Waals surface area contributed by atoms with Gasteiger partial charge < -0.3 is 10.3 Å². The van der Waals surface area contributed by atoms with E-state index in [0.717, 1.165) is 27.9 Å². The Balaban J connectivity index is 2.01. The van der Waals surface area contributed by atoms with Gasteiger partial charge in [0.15, 0.2) is 0 Å². The molecule has 0 spiro atoms. The Morgan fingerprint density at radius 1 is 1.31 bits per heavy atom. The van der Waals surface area contributed by atoms with Gasteiger partial charge >= 0.3 is 0 Å². The summed E-state index contributed by atoms with van der Waals surface area (Å²) in [4.78, 5) is 8.07. The van der Waals surface area contributed by atoms with Gasteiger partial charge in [0.1, 0.15) is 11.3 Å². The molecule has 2 aromatic rings. The quantitative estimate of drug-likeness (QED) is 0.842. The van der Waals surface area contributed by atoms with Gasteiger partial charge in [-0.1, -0.05) is 12.5 Å². The van der Waals surface area contributed by atoms with E-state index >= 15 is 0 Å². The number of hydrogen-bond donors (Lipinski definition) is 2. The van der Waals surface area contributed by atoms with E-state index in [9.17, 15) is 0 Å². The van der Waals surface area contributed by atoms with Crippen molar-refractivity contribution < 1.29 is 0 Å². The number of halogens is 1. The van der Waals surface area contributed by atoms with E-state index in [1.165, 1.54) is 19.3 Å². The largest absolute Gasteiger partial charge is 0.341 e. The zero-order valence-electron chi connectivity index (χ0n) is 8.96. The second-order valence-electron chi connectivity index (χ2n) is 4.26. The molecule has 4 heteroatoms. The van der Waals surface area contributed by atoms with Gasteiger partial charge in [-0.25, -0.2) is 4.98 Å². The van der Waals surface area contributed by atoms with Crippen molar-refractivity contribution in [2.45, 2.75) is 25.3 Å². The second-order valence-corrected chi connectivity index (χ2v) is 5.11. The topological polar surface area (TPSA) is 40.7 Å². The van der Waals surface area contributed by atoms with Crippen molar-refractivity contribution in [2.75, 3.05) is 6.54 Å². The van der Waals surface area contributed by atoms with Crippen molar-refractivity contribution in [1.82, 2.24) is 15.3 Å². The minimum absolute atomic E-state index is 0.396. The summed E-state index contributed by atoms with van der Waals surface area (Å²) < 4.78 is 1.06. The van der Waals surface area contributed by atoms with Crippen molar-refractivity contribution in [2.24, 2.45) is 0 Å². The van der Waals surface area contributed by atoms with Crippen molar-refractivity contribution in [3.8, 4) is 0 Å². The summed E-state index contributed by atoms with van der Waals surface area (Å²) in [6.45, 7) is 1.10. The average Bonchev–Trinajstić information content (AvgIpc) is 2.76. The molecule has 2 N–H and O–H groups in total. The van der Waals surface area contributed by atoms with E-state index in [0.29, 0.717) is 6.04 Å². The van der Waals surface area contributed by atoms with Crippen LogP contribution in [0.5, 0.6) is 0 Å². The summed E-state index contributed by atoms with van der Waals surface area (Å²) in [5.41, 5.74) is 2.14. The van der Waals surface area contributed by atoms with Crippen LogP contribution in [0.1, 0.15) is 31.1 Å². The summed E-state index contributed by atoms with van der Waals surface area (Å²) in [7, 11) is 0. The molecule has 1 unspecified atom stereocenters. The number of aromatic nitrogens is 2. The SMILES string of the molecule is Brc1cccc2[nH]c(C3CCCCN3)nc12. The molecule has 1 saturated heterocycles. The van der Waals surface area contributed by atoms with Gasteiger partial charge in [-0.05, 0) is 47.4 Å². The number of para-hydroxylation sites is 1. The van der Waals surface area contributed by atoms with Gasteiger partial charge in [-0.2, -0.15) is 0 Å². The molecule has 0 amide bonds. The fourth-order valence-electron chi connectivity index (χ4n) is 2.27. The zero-order chi connectivity index (χ0) is 11.0. The Morgan fingerprint density at radius 2 is 2.25 bits per heavy atom. The lowest BCUT2D eigenvalue weighted by molar-refractivity contribution is 0.400. The molecular weight excluding hydrogens is 266 g/mol. The third kappa shape index (κ3) is 1.76. The Morgan fingerprint density at radius 3 is 3.00 bits per heavy atom. The first-order valence-corrected chi connectivity index (χ1v) is 6.51. The summed E-state index contributed by atoms with van der Waals surface area (Å²) in [5, 5.41) is 3.51. The number of nitrogens with one attached hydrogen (secondary N) is 2. The van der Waals surface area contributed by atoms with Gasteiger partial charge in [-0.15, -0.1) is 0 Å². The monoisotopic (exact) mass is 279 g/mol. The molecule has 1 aromatic heterocycles. The van der Waals surface area contributed by atoms with Crippen LogP contribution in [0.15, 0.2) is 22.7 Å². The Hall–Kier alpha value is -0.870. The number of benzene rings is 1. The standard InChI is InChI=1S/C12H14BrN3/c13-8-4-3-6-9-11(8)16-12(15-9)10-5-1-2-7-14-10/h3-4,6,10,14H,1-2,5,7H2,(H,15,16). The van der Waals surface area contributed by atoms with Crippen LogP contribution in [0, 0.1) is 0 Å². The highest BCUT2D eigenvalue weighted by atomic mass is 79.9. The molecule has 3 nitrogen and oxygen atoms in total. The highest BCUT2D eigenvalue weighted by molar-refractivity contribution is 9.10. The zero-order valence-corrected chi connectivity index (χ0v) is 10.5. The minimum atomic E-state index is 0.396. The highest BCUT2D eigenvalue weighted by Crippen LogP contribution is 2.26. The van der Waals surface area contributed by atoms with Gasteiger partial charge in [0.05, 0.1) is 11.6 Å². The van der Waals surface area contributed by atoms with Crippen LogP contribution < -0.4 is 5.32 Å². The maximum Gasteiger partial charge on any atom is 0.124 e. The van der Waals surface area contributed by atoms with E-state index in [1.54, 1.807) is 0 Å². The minimum Gasteiger partial charge on any atom is -0.341 e. The lowest BCUT2D eigenvalue weighted by Gasteiger charge is -2.21. The summed E-state index contributed by atoms with van der Waals surface area (Å²) in [5.74, 6) is 1.07. The molecule has 1 aliphatic heterocycles. The summed E-state index contributed by atoms with van der Waals surface area (Å²) in [6, 6.07) is 6.52. The van der Waals surface area contributed by atoms with Gasteiger partial charge in [0.25, 0.3) is 0 Å². The highest BCUT2D eigenvalue weighted by Gasteiger charge is 2.18. The van der Waals surface area contributed by atoms with Crippen LogP contribution >= 0.6 is 15.9 Å². The van der Waals surface area contributed by atoms with E-state index in [1.807, 2.05) is 12.1 Å². The molecule has 0 bridgehead atoms. The molecule has 1 fully saturated rings. The predicted octanol–water partition coefficient (Wildman–Crippen LogP) is 3.14. The predicted molar refractivity (Wildman–Crippen MR) is 68.4 cm³/mol. The summed E-state index contributed by atoms with van der Waals surface area (Å²) in [6.07, 6.45) is 3.74. The lowest BCUT2D eigenvalue weighted by Crippen LogP contribution is -2.27. The Labute approximate surface area is 103 Å². The molecule has 84 valence electrons. The van der Waals surface area contributed by atoms with Crippen LogP contribution in [-0.2, 0) is 0 Å². The third-order valence-electron chi connectivity index (χ3n) is 3.12. The summed E-state index contributed by atoms with van der Waals surface area (Å²) >= 11 is 3.53. The van der Waals surface area contributed by atoms with E-state index in [2.05, 4.69) is 37.3 Å². The van der Waals surface area contributed by atoms with Crippen molar-refractivity contribution >= 4 is 27.0 Å². The first-order valence-electron chi connectivity index (χ1n) is 5.72. The molecule has 0 saturated carbocycles. The number of aromatic amines is 1. The van der Waals surface area contributed by atoms with E-state index in [4.69, 9.17) is 0 Å². The number of nitrogens with zero attached hydrogens (tertiary/aromatic N) is 1. The third-order valence-corrected chi connectivity index (χ3v) is 3.76. The second kappa shape index (κ2) is 4.18. The normalized spacial score (nSPS) is 21.4. The molecule has 2 heterocycles. The Kier molecular flexibility index (Phi) is 2.69. The van der Waals surface area contributed by atoms with Crippen molar-refractivity contribution in [3.63, 3.8) is 0 Å². The molecule has 1 atom stereocenters. The first kappa shape index (κ1) is 10.3. The van der Waals surface area contributed by atoms with Crippen molar-refractivity contribution in [3.05, 3.63) is 28.5 Å². The number of piperidine rings is 1. The van der Waals surface area contributed by atoms with Crippen molar-refractivity contribution in [1.29, 1.82) is 0 Å². The first-order chi connectivity index (χ1) is 7.84. The fraction of sp³-hybridized carbons (Fsp3) is 0.417. The number of imidazole rings is 1. The van der Waals surface area contributed by atoms with Crippen LogP contribution in [0.25, 0.3) is 11.0 Å². The smallest absolute Gasteiger partial charge is 0.124 e. The van der Waals surface area contributed by atoms with Crippen LogP contribution in [0.3, 0.4) is 0 Å². The average molecular weight is 280 g/mol. The number of rotatable bonds is 1. The molecular formula is C12H14BrN3. The fourth-order valence-corrected chi connectivity index (χ4v) is 2.72. The molecule has 0 radical (unpaired) electrons. The molecule has 1 aromatic carbocycles. The van der Waals surface area contributed by atoms with Crippen LogP contribution in [0.2, 0.25) is 0 Å². The number of hydrogen-bond acceptors (Lipinski definition) is 2. The van der Waals surface area contributed by atoms with Crippen LogP contribution in [0.4, 0.5) is 0 Å². The van der Waals surface area contributed by atoms with Gasteiger partial charge in [-0.3, -0.25) is 0 Å². The molecule has 1 aliphatic rings. The number of H-pyrrole nitrogens is 1. The molecule has 3 rings (SSSR count). The molecule has 0 aliphatic carbocycles. The lowest BCUT2D eigenvalue weighted by atomic mass is 10.0. The van der Waals surface area contributed by atoms with Crippen LogP contribution in [-0.4, -0.2) is 16.5 Å². The maximum atomic E-state index is 4.67. The van der Waals surface area contributed by atoms with Gasteiger partial charge in [0.2, 0.25) is 0 Å². The Bertz CT molecular complexity index is 500. The van der Waals surface area contributed by atoms with E-state index in [-0.39, 0.29) is 0 Å². The van der Waals surface area contributed by atoms with Gasteiger partial charge in [0, 0.05) is 4.47 Å².